The van der Waals surface area contributed by atoms with Crippen LogP contribution in [0.25, 0.3) is 11.3 Å². The third-order valence-corrected chi connectivity index (χ3v) is 3.27. The van der Waals surface area contributed by atoms with Crippen molar-refractivity contribution in [3.63, 3.8) is 0 Å². The lowest BCUT2D eigenvalue weighted by Crippen LogP contribution is -2.08. The fraction of sp³-hybridized carbons (Fsp3) is 0.400. The number of aromatic nitrogens is 3. The number of ether oxygens (including phenoxy) is 5. The van der Waals surface area contributed by atoms with Gasteiger partial charge in [-0.2, -0.15) is 10.3 Å². The van der Waals surface area contributed by atoms with Crippen LogP contribution in [0.3, 0.4) is 0 Å². The van der Waals surface area contributed by atoms with Crippen molar-refractivity contribution < 1.29 is 28.5 Å². The summed E-state index contributed by atoms with van der Waals surface area (Å²) in [6, 6.07) is 1.61. The van der Waals surface area contributed by atoms with Crippen LogP contribution in [0.4, 0.5) is 0 Å². The molecule has 0 radical (unpaired) electrons. The van der Waals surface area contributed by atoms with Gasteiger partial charge in [0.2, 0.25) is 5.75 Å². The van der Waals surface area contributed by atoms with Crippen molar-refractivity contribution in [3.05, 3.63) is 11.8 Å². The Kier molecular flexibility index (Phi) is 5.46. The van der Waals surface area contributed by atoms with Gasteiger partial charge in [0.05, 0.1) is 40.6 Å². The Morgan fingerprint density at radius 1 is 1.00 bits per heavy atom. The smallest absolute Gasteiger partial charge is 0.361 e. The highest BCUT2D eigenvalue weighted by molar-refractivity contribution is 5.96. The Hall–Kier alpha value is -2.97. The molecule has 24 heavy (non-hydrogen) atoms. The van der Waals surface area contributed by atoms with E-state index in [0.717, 1.165) is 0 Å². The Labute approximate surface area is 138 Å². The Bertz CT molecular complexity index is 728. The molecule has 1 aromatic carbocycles. The number of hydrogen-bond donors (Lipinski definition) is 1. The number of aromatic amines is 1. The first-order chi connectivity index (χ1) is 11.6. The van der Waals surface area contributed by atoms with Crippen molar-refractivity contribution in [1.82, 2.24) is 15.4 Å². The Balaban J connectivity index is 2.75. The van der Waals surface area contributed by atoms with E-state index in [4.69, 9.17) is 23.7 Å². The molecule has 9 heteroatoms. The third kappa shape index (κ3) is 2.92. The summed E-state index contributed by atoms with van der Waals surface area (Å²) in [5, 5.41) is 10.3. The number of nitrogens with one attached hydrogen (secondary N) is 1. The van der Waals surface area contributed by atoms with E-state index in [0.29, 0.717) is 28.6 Å². The first kappa shape index (κ1) is 17.4. The lowest BCUT2D eigenvalue weighted by atomic mass is 10.1. The van der Waals surface area contributed by atoms with E-state index in [1.165, 1.54) is 28.4 Å². The molecule has 0 aliphatic rings. The minimum Gasteiger partial charge on any atom is -0.496 e. The number of benzene rings is 1. The molecule has 2 rings (SSSR count). The number of esters is 1. The molecule has 0 aliphatic heterocycles. The molecular weight excluding hydrogens is 318 g/mol. The molecule has 2 aromatic rings. The highest BCUT2D eigenvalue weighted by Gasteiger charge is 2.29. The quantitative estimate of drug-likeness (QED) is 0.761. The molecule has 0 atom stereocenters. The standard InChI is InChI=1S/C15H19N3O6/c1-6-24-15(19)12-11(16-18-17-12)10-8(20-2)7-9(21-3)13(22-4)14(10)23-5/h7H,6H2,1-5H3,(H,16,17,18). The van der Waals surface area contributed by atoms with Crippen molar-refractivity contribution in [2.45, 2.75) is 6.92 Å². The second-order valence-electron chi connectivity index (χ2n) is 4.46. The molecule has 130 valence electrons. The van der Waals surface area contributed by atoms with Gasteiger partial charge in [-0.3, -0.25) is 0 Å². The number of carbonyl (C=O) groups is 1. The van der Waals surface area contributed by atoms with Gasteiger partial charge in [0.1, 0.15) is 11.4 Å². The van der Waals surface area contributed by atoms with Crippen LogP contribution in [-0.4, -0.2) is 56.4 Å². The van der Waals surface area contributed by atoms with Gasteiger partial charge in [-0.05, 0) is 6.92 Å². The number of rotatable bonds is 7. The molecule has 1 N–H and O–H groups in total. The van der Waals surface area contributed by atoms with Crippen LogP contribution in [0.2, 0.25) is 0 Å². The largest absolute Gasteiger partial charge is 0.496 e. The van der Waals surface area contributed by atoms with Gasteiger partial charge in [0, 0.05) is 6.07 Å². The van der Waals surface area contributed by atoms with Crippen LogP contribution in [0.15, 0.2) is 6.07 Å². The van der Waals surface area contributed by atoms with Gasteiger partial charge in [-0.1, -0.05) is 0 Å². The normalized spacial score (nSPS) is 10.2. The molecular formula is C15H19N3O6. The van der Waals surface area contributed by atoms with Crippen LogP contribution in [0.1, 0.15) is 17.4 Å². The van der Waals surface area contributed by atoms with E-state index >= 15 is 0 Å². The van der Waals surface area contributed by atoms with Gasteiger partial charge in [0.15, 0.2) is 17.2 Å². The number of hydrogen-bond acceptors (Lipinski definition) is 8. The highest BCUT2D eigenvalue weighted by Crippen LogP contribution is 2.49. The van der Waals surface area contributed by atoms with Crippen LogP contribution in [0, 0.1) is 0 Å². The SMILES string of the molecule is CCOC(=O)c1n[nH]nc1-c1c(OC)cc(OC)c(OC)c1OC. The summed E-state index contributed by atoms with van der Waals surface area (Å²) in [4.78, 5) is 12.1. The average Bonchev–Trinajstić information content (AvgIpc) is 3.09. The molecule has 1 aromatic heterocycles. The first-order valence-electron chi connectivity index (χ1n) is 7.08. The fourth-order valence-corrected chi connectivity index (χ4v) is 2.27. The molecule has 0 bridgehead atoms. The number of H-pyrrole nitrogens is 1. The number of carbonyl (C=O) groups excluding carboxylic acids is 1. The maximum absolute atomic E-state index is 12.1. The van der Waals surface area contributed by atoms with E-state index in [9.17, 15) is 4.79 Å². The molecule has 0 unspecified atom stereocenters. The van der Waals surface area contributed by atoms with Crippen LogP contribution in [0.5, 0.6) is 23.0 Å². The van der Waals surface area contributed by atoms with Crippen molar-refractivity contribution in [3.8, 4) is 34.3 Å². The molecule has 0 aliphatic carbocycles. The Morgan fingerprint density at radius 2 is 1.67 bits per heavy atom. The Morgan fingerprint density at radius 3 is 2.21 bits per heavy atom. The highest BCUT2D eigenvalue weighted by atomic mass is 16.5. The summed E-state index contributed by atoms with van der Waals surface area (Å²) >= 11 is 0. The summed E-state index contributed by atoms with van der Waals surface area (Å²) in [6.45, 7) is 1.92. The van der Waals surface area contributed by atoms with Crippen LogP contribution < -0.4 is 18.9 Å². The predicted octanol–water partition coefficient (Wildman–Crippen LogP) is 1.68. The van der Waals surface area contributed by atoms with E-state index in [1.54, 1.807) is 13.0 Å². The van der Waals surface area contributed by atoms with Crippen molar-refractivity contribution in [2.75, 3.05) is 35.0 Å². The van der Waals surface area contributed by atoms with Gasteiger partial charge in [-0.25, -0.2) is 4.79 Å². The second-order valence-corrected chi connectivity index (χ2v) is 4.46. The monoisotopic (exact) mass is 337 g/mol. The lowest BCUT2D eigenvalue weighted by Gasteiger charge is -2.18. The molecule has 1 heterocycles. The molecule has 9 nitrogen and oxygen atoms in total. The van der Waals surface area contributed by atoms with E-state index in [1.807, 2.05) is 0 Å². The van der Waals surface area contributed by atoms with Crippen molar-refractivity contribution in [1.29, 1.82) is 0 Å². The van der Waals surface area contributed by atoms with Crippen LogP contribution >= 0.6 is 0 Å². The molecule has 0 saturated heterocycles. The van der Waals surface area contributed by atoms with Gasteiger partial charge < -0.3 is 23.7 Å². The van der Waals surface area contributed by atoms with E-state index in [2.05, 4.69) is 15.4 Å². The molecule has 0 spiro atoms. The average molecular weight is 337 g/mol. The third-order valence-electron chi connectivity index (χ3n) is 3.27. The number of methoxy groups -OCH3 is 4. The van der Waals surface area contributed by atoms with Crippen molar-refractivity contribution >= 4 is 5.97 Å². The van der Waals surface area contributed by atoms with E-state index in [-0.39, 0.29) is 18.0 Å². The second kappa shape index (κ2) is 7.53. The van der Waals surface area contributed by atoms with Crippen LogP contribution in [-0.2, 0) is 4.74 Å². The van der Waals surface area contributed by atoms with Crippen molar-refractivity contribution in [2.24, 2.45) is 0 Å². The topological polar surface area (TPSA) is 105 Å². The van der Waals surface area contributed by atoms with E-state index < -0.39 is 5.97 Å². The zero-order valence-electron chi connectivity index (χ0n) is 14.1. The maximum Gasteiger partial charge on any atom is 0.361 e. The summed E-state index contributed by atoms with van der Waals surface area (Å²) in [5.74, 6) is 0.821. The molecule has 0 saturated carbocycles. The summed E-state index contributed by atoms with van der Waals surface area (Å²) < 4.78 is 26.5. The molecule has 0 amide bonds. The zero-order chi connectivity index (χ0) is 17.7. The predicted molar refractivity (Wildman–Crippen MR) is 84.0 cm³/mol. The minimum absolute atomic E-state index is 0.0145. The van der Waals surface area contributed by atoms with Gasteiger partial charge in [0.25, 0.3) is 0 Å². The minimum atomic E-state index is -0.611. The maximum atomic E-state index is 12.1. The summed E-state index contributed by atoms with van der Waals surface area (Å²) in [6.07, 6.45) is 0. The van der Waals surface area contributed by atoms with Gasteiger partial charge in [-0.15, -0.1) is 5.10 Å². The fourth-order valence-electron chi connectivity index (χ4n) is 2.27. The lowest BCUT2D eigenvalue weighted by molar-refractivity contribution is 0.0520. The zero-order valence-corrected chi connectivity index (χ0v) is 14.1. The summed E-state index contributed by atoms with van der Waals surface area (Å²) in [5.41, 5.74) is 0.637. The van der Waals surface area contributed by atoms with Gasteiger partial charge >= 0.3 is 5.97 Å². The number of nitrogens with zero attached hydrogens (tertiary/aromatic N) is 2. The summed E-state index contributed by atoms with van der Waals surface area (Å²) in [7, 11) is 5.92. The molecule has 0 fully saturated rings. The first-order valence-corrected chi connectivity index (χ1v) is 7.08.